The van der Waals surface area contributed by atoms with Crippen molar-refractivity contribution in [1.29, 1.82) is 0 Å². The second kappa shape index (κ2) is 3.51. The van der Waals surface area contributed by atoms with Crippen LogP contribution in [0, 0.1) is 5.41 Å². The summed E-state index contributed by atoms with van der Waals surface area (Å²) in [6.45, 7) is 5.51. The molecule has 1 aliphatic heterocycles. The molecule has 80 valence electrons. The predicted molar refractivity (Wildman–Crippen MR) is 56.2 cm³/mol. The molecule has 0 N–H and O–H groups in total. The van der Waals surface area contributed by atoms with Gasteiger partial charge in [0, 0.05) is 10.4 Å². The van der Waals surface area contributed by atoms with Crippen LogP contribution in [0.3, 0.4) is 0 Å². The van der Waals surface area contributed by atoms with Crippen LogP contribution >= 0.6 is 11.6 Å². The molecule has 0 aromatic rings. The van der Waals surface area contributed by atoms with Crippen LogP contribution in [0.5, 0.6) is 0 Å². The van der Waals surface area contributed by atoms with Crippen LogP contribution in [-0.4, -0.2) is 19.0 Å². The minimum Gasteiger partial charge on any atom is -0.350 e. The fraction of sp³-hybridized carbons (Fsp3) is 0.818. The van der Waals surface area contributed by atoms with Crippen molar-refractivity contribution < 1.29 is 9.47 Å². The van der Waals surface area contributed by atoms with Crippen molar-refractivity contribution in [1.82, 2.24) is 0 Å². The van der Waals surface area contributed by atoms with Crippen LogP contribution in [0.1, 0.15) is 33.1 Å². The highest BCUT2D eigenvalue weighted by Gasteiger charge is 2.40. The lowest BCUT2D eigenvalue weighted by molar-refractivity contribution is -0.286. The molecule has 0 unspecified atom stereocenters. The van der Waals surface area contributed by atoms with Crippen molar-refractivity contribution >= 4 is 11.6 Å². The second-order valence-corrected chi connectivity index (χ2v) is 5.32. The van der Waals surface area contributed by atoms with E-state index in [4.69, 9.17) is 21.1 Å². The van der Waals surface area contributed by atoms with Crippen molar-refractivity contribution in [3.63, 3.8) is 0 Å². The Hall–Kier alpha value is -0.0500. The quantitative estimate of drug-likeness (QED) is 0.620. The van der Waals surface area contributed by atoms with Crippen molar-refractivity contribution in [3.05, 3.63) is 11.1 Å². The molecule has 0 amide bonds. The third-order valence-electron chi connectivity index (χ3n) is 3.10. The summed E-state index contributed by atoms with van der Waals surface area (Å²) in [4.78, 5) is 0. The largest absolute Gasteiger partial charge is 0.350 e. The first-order valence-electron chi connectivity index (χ1n) is 5.14. The molecule has 0 aromatic carbocycles. The molecule has 1 saturated heterocycles. The van der Waals surface area contributed by atoms with Crippen LogP contribution in [0.25, 0.3) is 0 Å². The van der Waals surface area contributed by atoms with Crippen molar-refractivity contribution in [2.24, 2.45) is 5.41 Å². The number of hydrogen-bond donors (Lipinski definition) is 0. The molecule has 2 rings (SSSR count). The Labute approximate surface area is 90.2 Å². The maximum Gasteiger partial charge on any atom is 0.162 e. The molecule has 0 saturated carbocycles. The lowest BCUT2D eigenvalue weighted by Gasteiger charge is -2.44. The summed E-state index contributed by atoms with van der Waals surface area (Å²) in [7, 11) is 0. The van der Waals surface area contributed by atoms with E-state index in [1.807, 2.05) is 13.8 Å². The van der Waals surface area contributed by atoms with Crippen LogP contribution < -0.4 is 0 Å². The van der Waals surface area contributed by atoms with Crippen molar-refractivity contribution in [3.8, 4) is 0 Å². The molecule has 1 aliphatic carbocycles. The van der Waals surface area contributed by atoms with Gasteiger partial charge in [-0.3, -0.25) is 0 Å². The van der Waals surface area contributed by atoms with Gasteiger partial charge in [-0.1, -0.05) is 17.7 Å². The van der Waals surface area contributed by atoms with Gasteiger partial charge in [0.25, 0.3) is 0 Å². The smallest absolute Gasteiger partial charge is 0.162 e. The summed E-state index contributed by atoms with van der Waals surface area (Å²) >= 11 is 5.95. The first-order chi connectivity index (χ1) is 6.52. The van der Waals surface area contributed by atoms with Gasteiger partial charge >= 0.3 is 0 Å². The van der Waals surface area contributed by atoms with Gasteiger partial charge in [-0.2, -0.15) is 0 Å². The molecular formula is C11H17ClO2. The SMILES string of the molecule is CC1(C)OCC2(CC=C(Cl)CC2)CO1. The van der Waals surface area contributed by atoms with E-state index in [-0.39, 0.29) is 5.41 Å². The first kappa shape index (κ1) is 10.5. The Bertz CT molecular complexity index is 248. The highest BCUT2D eigenvalue weighted by molar-refractivity contribution is 6.29. The summed E-state index contributed by atoms with van der Waals surface area (Å²) in [6, 6.07) is 0. The molecule has 0 atom stereocenters. The Kier molecular flexibility index (Phi) is 2.63. The fourth-order valence-electron chi connectivity index (χ4n) is 1.92. The molecule has 0 bridgehead atoms. The number of hydrogen-bond acceptors (Lipinski definition) is 2. The number of rotatable bonds is 0. The van der Waals surface area contributed by atoms with Gasteiger partial charge in [0.2, 0.25) is 0 Å². The maximum atomic E-state index is 5.95. The monoisotopic (exact) mass is 216 g/mol. The summed E-state index contributed by atoms with van der Waals surface area (Å²) in [6.07, 6.45) is 5.14. The minimum atomic E-state index is -0.407. The Morgan fingerprint density at radius 1 is 1.29 bits per heavy atom. The zero-order valence-corrected chi connectivity index (χ0v) is 9.56. The van der Waals surface area contributed by atoms with Gasteiger partial charge in [0.15, 0.2) is 5.79 Å². The van der Waals surface area contributed by atoms with E-state index in [9.17, 15) is 0 Å². The van der Waals surface area contributed by atoms with Crippen LogP contribution in [-0.2, 0) is 9.47 Å². The molecule has 1 spiro atoms. The van der Waals surface area contributed by atoms with E-state index in [1.165, 1.54) is 0 Å². The average molecular weight is 217 g/mol. The minimum absolute atomic E-state index is 0.188. The zero-order valence-electron chi connectivity index (χ0n) is 8.81. The summed E-state index contributed by atoms with van der Waals surface area (Å²) < 4.78 is 11.4. The normalized spacial score (nSPS) is 30.1. The lowest BCUT2D eigenvalue weighted by Crippen LogP contribution is -2.46. The number of ether oxygens (including phenoxy) is 2. The van der Waals surface area contributed by atoms with E-state index in [0.29, 0.717) is 0 Å². The molecule has 1 fully saturated rings. The fourth-order valence-corrected chi connectivity index (χ4v) is 2.09. The van der Waals surface area contributed by atoms with Crippen LogP contribution in [0.2, 0.25) is 0 Å². The zero-order chi connectivity index (χ0) is 10.2. The van der Waals surface area contributed by atoms with E-state index >= 15 is 0 Å². The van der Waals surface area contributed by atoms with E-state index in [0.717, 1.165) is 37.5 Å². The summed E-state index contributed by atoms with van der Waals surface area (Å²) in [5.41, 5.74) is 0.188. The van der Waals surface area contributed by atoms with E-state index in [1.54, 1.807) is 0 Å². The third kappa shape index (κ3) is 2.13. The Morgan fingerprint density at radius 2 is 1.93 bits per heavy atom. The van der Waals surface area contributed by atoms with Gasteiger partial charge in [0.1, 0.15) is 0 Å². The predicted octanol–water partition coefficient (Wildman–Crippen LogP) is 3.06. The Balaban J connectivity index is 2.00. The van der Waals surface area contributed by atoms with E-state index < -0.39 is 5.79 Å². The number of allylic oxidation sites excluding steroid dienone is 2. The molecule has 2 nitrogen and oxygen atoms in total. The van der Waals surface area contributed by atoms with Crippen LogP contribution in [0.4, 0.5) is 0 Å². The van der Waals surface area contributed by atoms with Crippen molar-refractivity contribution in [2.45, 2.75) is 38.9 Å². The Morgan fingerprint density at radius 3 is 2.43 bits per heavy atom. The van der Waals surface area contributed by atoms with Gasteiger partial charge in [-0.05, 0) is 33.1 Å². The lowest BCUT2D eigenvalue weighted by atomic mass is 9.77. The van der Waals surface area contributed by atoms with Gasteiger partial charge in [-0.25, -0.2) is 0 Å². The molecule has 0 radical (unpaired) electrons. The first-order valence-corrected chi connectivity index (χ1v) is 5.52. The van der Waals surface area contributed by atoms with E-state index in [2.05, 4.69) is 6.08 Å². The third-order valence-corrected chi connectivity index (χ3v) is 3.45. The van der Waals surface area contributed by atoms with Crippen LogP contribution in [0.15, 0.2) is 11.1 Å². The maximum absolute atomic E-state index is 5.95. The number of halogens is 1. The molecule has 3 heteroatoms. The highest BCUT2D eigenvalue weighted by atomic mass is 35.5. The van der Waals surface area contributed by atoms with Crippen molar-refractivity contribution in [2.75, 3.05) is 13.2 Å². The molecule has 1 heterocycles. The summed E-state index contributed by atoms with van der Waals surface area (Å²) in [5.74, 6) is -0.407. The molecule has 14 heavy (non-hydrogen) atoms. The van der Waals surface area contributed by atoms with Gasteiger partial charge < -0.3 is 9.47 Å². The second-order valence-electron chi connectivity index (χ2n) is 4.83. The standard InChI is InChI=1S/C11H17ClO2/c1-10(2)13-7-11(8-14-10)5-3-9(12)4-6-11/h3H,4-8H2,1-2H3. The van der Waals surface area contributed by atoms with Gasteiger partial charge in [-0.15, -0.1) is 0 Å². The molecule has 2 aliphatic rings. The van der Waals surface area contributed by atoms with Gasteiger partial charge in [0.05, 0.1) is 13.2 Å². The summed E-state index contributed by atoms with van der Waals surface area (Å²) in [5, 5.41) is 0.987. The topological polar surface area (TPSA) is 18.5 Å². The highest BCUT2D eigenvalue weighted by Crippen LogP contribution is 2.41. The molecular weight excluding hydrogens is 200 g/mol. The average Bonchev–Trinajstić information content (AvgIpc) is 2.16. The molecule has 0 aromatic heterocycles.